The molecule has 0 spiro atoms. The summed E-state index contributed by atoms with van der Waals surface area (Å²) >= 11 is 0. The summed E-state index contributed by atoms with van der Waals surface area (Å²) in [5.74, 6) is 0.596. The van der Waals surface area contributed by atoms with Gasteiger partial charge in [0.2, 0.25) is 5.88 Å². The second-order valence-electron chi connectivity index (χ2n) is 6.37. The third kappa shape index (κ3) is 5.56. The van der Waals surface area contributed by atoms with Crippen molar-refractivity contribution in [2.75, 3.05) is 11.6 Å². The molecule has 0 radical (unpaired) electrons. The van der Waals surface area contributed by atoms with Crippen molar-refractivity contribution in [1.82, 2.24) is 4.98 Å². The maximum absolute atomic E-state index is 11.4. The number of nitrogens with zero attached hydrogens (tertiary/aromatic N) is 1. The molecule has 0 saturated heterocycles. The molecule has 0 saturated carbocycles. The molecular formula is C17H22N2O3S. The Morgan fingerprint density at radius 2 is 1.74 bits per heavy atom. The predicted octanol–water partition coefficient (Wildman–Crippen LogP) is 3.27. The number of ether oxygens (including phenoxy) is 1. The quantitative estimate of drug-likeness (QED) is 0.909. The van der Waals surface area contributed by atoms with Crippen molar-refractivity contribution < 1.29 is 13.2 Å². The van der Waals surface area contributed by atoms with Gasteiger partial charge in [-0.15, -0.1) is 0 Å². The van der Waals surface area contributed by atoms with Crippen LogP contribution in [-0.4, -0.2) is 25.3 Å². The fourth-order valence-corrected chi connectivity index (χ4v) is 2.54. The minimum absolute atomic E-state index is 0.270. The number of anilines is 1. The van der Waals surface area contributed by atoms with Crippen molar-refractivity contribution >= 4 is 15.5 Å². The zero-order valence-corrected chi connectivity index (χ0v) is 14.6. The highest BCUT2D eigenvalue weighted by Crippen LogP contribution is 2.17. The molecular weight excluding hydrogens is 312 g/mol. The SMILES string of the molecule is CC(C)(C)Oc1ccc(CNc2ccc(S(C)(=O)=O)cc2)cn1. The number of hydrogen-bond acceptors (Lipinski definition) is 5. The van der Waals surface area contributed by atoms with E-state index in [-0.39, 0.29) is 5.60 Å². The van der Waals surface area contributed by atoms with Crippen LogP contribution in [-0.2, 0) is 16.4 Å². The van der Waals surface area contributed by atoms with E-state index in [2.05, 4.69) is 10.3 Å². The van der Waals surface area contributed by atoms with Crippen LogP contribution in [0.15, 0.2) is 47.5 Å². The summed E-state index contributed by atoms with van der Waals surface area (Å²) in [5, 5.41) is 3.23. The minimum Gasteiger partial charge on any atom is -0.472 e. The summed E-state index contributed by atoms with van der Waals surface area (Å²) in [6.07, 6.45) is 2.96. The molecule has 1 N–H and O–H groups in total. The maximum Gasteiger partial charge on any atom is 0.213 e. The average Bonchev–Trinajstić information content (AvgIpc) is 2.44. The van der Waals surface area contributed by atoms with Gasteiger partial charge >= 0.3 is 0 Å². The van der Waals surface area contributed by atoms with Gasteiger partial charge in [-0.2, -0.15) is 0 Å². The van der Waals surface area contributed by atoms with E-state index in [0.717, 1.165) is 11.3 Å². The molecule has 0 bridgehead atoms. The monoisotopic (exact) mass is 334 g/mol. The molecule has 1 aromatic carbocycles. The van der Waals surface area contributed by atoms with Gasteiger partial charge in [0.25, 0.3) is 0 Å². The van der Waals surface area contributed by atoms with Gasteiger partial charge in [0, 0.05) is 30.8 Å². The lowest BCUT2D eigenvalue weighted by molar-refractivity contribution is 0.124. The van der Waals surface area contributed by atoms with Gasteiger partial charge in [-0.3, -0.25) is 0 Å². The van der Waals surface area contributed by atoms with Crippen LogP contribution in [0, 0.1) is 0 Å². The highest BCUT2D eigenvalue weighted by molar-refractivity contribution is 7.90. The fourth-order valence-electron chi connectivity index (χ4n) is 1.91. The Morgan fingerprint density at radius 3 is 2.22 bits per heavy atom. The number of sulfone groups is 1. The van der Waals surface area contributed by atoms with E-state index >= 15 is 0 Å². The van der Waals surface area contributed by atoms with E-state index in [1.807, 2.05) is 32.9 Å². The third-order valence-electron chi connectivity index (χ3n) is 2.99. The molecule has 0 atom stereocenters. The fraction of sp³-hybridized carbons (Fsp3) is 0.353. The van der Waals surface area contributed by atoms with Crippen LogP contribution in [0.5, 0.6) is 5.88 Å². The lowest BCUT2D eigenvalue weighted by Crippen LogP contribution is -2.23. The first-order valence-corrected chi connectivity index (χ1v) is 9.21. The molecule has 0 fully saturated rings. The van der Waals surface area contributed by atoms with E-state index in [9.17, 15) is 8.42 Å². The molecule has 0 amide bonds. The molecule has 0 aliphatic heterocycles. The second-order valence-corrected chi connectivity index (χ2v) is 8.38. The van der Waals surface area contributed by atoms with Crippen molar-refractivity contribution in [2.45, 2.75) is 37.8 Å². The molecule has 6 heteroatoms. The number of aromatic nitrogens is 1. The van der Waals surface area contributed by atoms with E-state index in [1.165, 1.54) is 6.26 Å². The minimum atomic E-state index is -3.16. The lowest BCUT2D eigenvalue weighted by Gasteiger charge is -2.20. The molecule has 0 aliphatic rings. The van der Waals surface area contributed by atoms with Gasteiger partial charge in [-0.1, -0.05) is 6.07 Å². The van der Waals surface area contributed by atoms with Crippen molar-refractivity contribution in [2.24, 2.45) is 0 Å². The Kier molecular flexibility index (Phi) is 4.94. The highest BCUT2D eigenvalue weighted by Gasteiger charge is 2.12. The van der Waals surface area contributed by atoms with Crippen molar-refractivity contribution in [1.29, 1.82) is 0 Å². The molecule has 0 aliphatic carbocycles. The number of pyridine rings is 1. The van der Waals surface area contributed by atoms with Crippen LogP contribution in [0.2, 0.25) is 0 Å². The van der Waals surface area contributed by atoms with Crippen molar-refractivity contribution in [3.05, 3.63) is 48.2 Å². The molecule has 1 heterocycles. The Labute approximate surface area is 137 Å². The third-order valence-corrected chi connectivity index (χ3v) is 4.12. The van der Waals surface area contributed by atoms with E-state index in [1.54, 1.807) is 30.5 Å². The summed E-state index contributed by atoms with van der Waals surface area (Å²) in [5.41, 5.74) is 1.60. The number of rotatable bonds is 5. The van der Waals surface area contributed by atoms with Crippen molar-refractivity contribution in [3.63, 3.8) is 0 Å². The largest absolute Gasteiger partial charge is 0.472 e. The van der Waals surface area contributed by atoms with Crippen LogP contribution < -0.4 is 10.1 Å². The van der Waals surface area contributed by atoms with Gasteiger partial charge in [0.1, 0.15) is 5.60 Å². The molecule has 5 nitrogen and oxygen atoms in total. The van der Waals surface area contributed by atoms with Crippen LogP contribution in [0.3, 0.4) is 0 Å². The van der Waals surface area contributed by atoms with Crippen LogP contribution >= 0.6 is 0 Å². The Morgan fingerprint density at radius 1 is 1.09 bits per heavy atom. The summed E-state index contributed by atoms with van der Waals surface area (Å²) in [6, 6.07) is 10.5. The van der Waals surface area contributed by atoms with Gasteiger partial charge in [-0.25, -0.2) is 13.4 Å². The zero-order chi connectivity index (χ0) is 17.1. The predicted molar refractivity (Wildman–Crippen MR) is 91.5 cm³/mol. The highest BCUT2D eigenvalue weighted by atomic mass is 32.2. The average molecular weight is 334 g/mol. The summed E-state index contributed by atoms with van der Waals surface area (Å²) in [7, 11) is -3.16. The normalized spacial score (nSPS) is 12.0. The first-order valence-electron chi connectivity index (χ1n) is 7.31. The van der Waals surface area contributed by atoms with E-state index in [4.69, 9.17) is 4.74 Å². The van der Waals surface area contributed by atoms with E-state index < -0.39 is 9.84 Å². The van der Waals surface area contributed by atoms with Crippen molar-refractivity contribution in [3.8, 4) is 5.88 Å². The number of hydrogen-bond donors (Lipinski definition) is 1. The smallest absolute Gasteiger partial charge is 0.213 e. The number of benzene rings is 1. The molecule has 2 rings (SSSR count). The molecule has 2 aromatic rings. The maximum atomic E-state index is 11.4. The van der Waals surface area contributed by atoms with E-state index in [0.29, 0.717) is 17.3 Å². The number of nitrogens with one attached hydrogen (secondary N) is 1. The first kappa shape index (κ1) is 17.3. The van der Waals surface area contributed by atoms with Gasteiger partial charge < -0.3 is 10.1 Å². The summed E-state index contributed by atoms with van der Waals surface area (Å²) < 4.78 is 28.5. The standard InChI is InChI=1S/C17H22N2O3S/c1-17(2,3)22-16-10-5-13(12-19-16)11-18-14-6-8-15(9-7-14)23(4,20)21/h5-10,12,18H,11H2,1-4H3. The lowest BCUT2D eigenvalue weighted by atomic mass is 10.2. The summed E-state index contributed by atoms with van der Waals surface area (Å²) in [4.78, 5) is 4.59. The van der Waals surface area contributed by atoms with Gasteiger partial charge in [0.15, 0.2) is 9.84 Å². The van der Waals surface area contributed by atoms with Crippen LogP contribution in [0.4, 0.5) is 5.69 Å². The molecule has 1 aromatic heterocycles. The van der Waals surface area contributed by atoms with Gasteiger partial charge in [0.05, 0.1) is 4.90 Å². The first-order chi connectivity index (χ1) is 10.6. The Balaban J connectivity index is 1.96. The summed E-state index contributed by atoms with van der Waals surface area (Å²) in [6.45, 7) is 6.53. The van der Waals surface area contributed by atoms with Crippen LogP contribution in [0.25, 0.3) is 0 Å². The van der Waals surface area contributed by atoms with Crippen LogP contribution in [0.1, 0.15) is 26.3 Å². The molecule has 124 valence electrons. The topological polar surface area (TPSA) is 68.3 Å². The Bertz CT molecular complexity index is 746. The zero-order valence-electron chi connectivity index (χ0n) is 13.8. The second kappa shape index (κ2) is 6.58. The molecule has 0 unspecified atom stereocenters. The Hall–Kier alpha value is -2.08. The molecule has 23 heavy (non-hydrogen) atoms. The van der Waals surface area contributed by atoms with Gasteiger partial charge in [-0.05, 0) is 50.6 Å².